The number of fused-ring (bicyclic) bond motifs is 1. The van der Waals surface area contributed by atoms with Crippen molar-refractivity contribution in [3.63, 3.8) is 0 Å². The zero-order valence-electron chi connectivity index (χ0n) is 10.6. The molecule has 1 aliphatic heterocycles. The second-order valence-corrected chi connectivity index (χ2v) is 4.33. The van der Waals surface area contributed by atoms with Gasteiger partial charge in [0.15, 0.2) is 0 Å². The molecule has 3 N–H and O–H groups in total. The summed E-state index contributed by atoms with van der Waals surface area (Å²) in [6.07, 6.45) is 1.32. The highest BCUT2D eigenvalue weighted by molar-refractivity contribution is 5.65. The van der Waals surface area contributed by atoms with Crippen LogP contribution in [0.3, 0.4) is 0 Å². The molecule has 0 radical (unpaired) electrons. The third-order valence-corrected chi connectivity index (χ3v) is 3.17. The number of nitriles is 1. The Morgan fingerprint density at radius 1 is 1.43 bits per heavy atom. The van der Waals surface area contributed by atoms with Crippen LogP contribution in [0.4, 0.5) is 11.6 Å². The molecular formula is C12H9N7O2. The summed E-state index contributed by atoms with van der Waals surface area (Å²) in [7, 11) is 0. The molecule has 0 fully saturated rings. The minimum Gasteiger partial charge on any atom is -0.383 e. The van der Waals surface area contributed by atoms with Gasteiger partial charge in [-0.1, -0.05) is 0 Å². The molecule has 9 heteroatoms. The quantitative estimate of drug-likeness (QED) is 0.619. The molecule has 9 nitrogen and oxygen atoms in total. The monoisotopic (exact) mass is 283 g/mol. The Morgan fingerprint density at radius 3 is 2.76 bits per heavy atom. The SMILES string of the molecule is N#CC1=C(N)n2ncnc2N[C@H]1c1ccc([N+](=O)[O-])cc1. The molecule has 2 aromatic rings. The Hall–Kier alpha value is -3.41. The van der Waals surface area contributed by atoms with Crippen LogP contribution in [0.2, 0.25) is 0 Å². The third kappa shape index (κ3) is 1.95. The number of hydrogen-bond donors (Lipinski definition) is 2. The minimum absolute atomic E-state index is 0.0202. The molecule has 0 unspecified atom stereocenters. The molecule has 1 aliphatic rings. The average Bonchev–Trinajstić information content (AvgIpc) is 2.96. The van der Waals surface area contributed by atoms with Crippen molar-refractivity contribution in [2.24, 2.45) is 5.73 Å². The van der Waals surface area contributed by atoms with Crippen molar-refractivity contribution in [2.75, 3.05) is 5.32 Å². The van der Waals surface area contributed by atoms with E-state index in [4.69, 9.17) is 5.73 Å². The van der Waals surface area contributed by atoms with Gasteiger partial charge >= 0.3 is 0 Å². The smallest absolute Gasteiger partial charge is 0.269 e. The topological polar surface area (TPSA) is 136 Å². The van der Waals surface area contributed by atoms with Crippen LogP contribution in [0.1, 0.15) is 11.6 Å². The molecule has 0 aliphatic carbocycles. The first-order valence-electron chi connectivity index (χ1n) is 5.93. The van der Waals surface area contributed by atoms with Crippen LogP contribution in [0.15, 0.2) is 36.2 Å². The molecule has 0 bridgehead atoms. The lowest BCUT2D eigenvalue weighted by Crippen LogP contribution is -2.27. The Kier molecular flexibility index (Phi) is 2.77. The summed E-state index contributed by atoms with van der Waals surface area (Å²) in [6.45, 7) is 0. The van der Waals surface area contributed by atoms with Gasteiger partial charge in [-0.25, -0.2) is 0 Å². The van der Waals surface area contributed by atoms with Crippen LogP contribution in [0.5, 0.6) is 0 Å². The average molecular weight is 283 g/mol. The van der Waals surface area contributed by atoms with E-state index in [-0.39, 0.29) is 17.1 Å². The number of nitrogens with one attached hydrogen (secondary N) is 1. The predicted octanol–water partition coefficient (Wildman–Crippen LogP) is 1.00. The molecule has 0 saturated carbocycles. The van der Waals surface area contributed by atoms with Crippen molar-refractivity contribution < 1.29 is 4.92 Å². The number of nitro benzene ring substituents is 1. The summed E-state index contributed by atoms with van der Waals surface area (Å²) < 4.78 is 1.33. The van der Waals surface area contributed by atoms with Gasteiger partial charge in [0.2, 0.25) is 5.95 Å². The summed E-state index contributed by atoms with van der Waals surface area (Å²) in [5.74, 6) is 0.599. The van der Waals surface area contributed by atoms with E-state index in [0.717, 1.165) is 0 Å². The minimum atomic E-state index is -0.521. The van der Waals surface area contributed by atoms with Gasteiger partial charge in [-0.05, 0) is 17.7 Å². The Bertz CT molecular complexity index is 785. The zero-order chi connectivity index (χ0) is 15.0. The van der Waals surface area contributed by atoms with Gasteiger partial charge in [0.05, 0.1) is 16.5 Å². The number of nitrogens with zero attached hydrogens (tertiary/aromatic N) is 5. The van der Waals surface area contributed by atoms with Crippen molar-refractivity contribution in [2.45, 2.75) is 6.04 Å². The van der Waals surface area contributed by atoms with Crippen molar-refractivity contribution in [3.8, 4) is 6.07 Å². The van der Waals surface area contributed by atoms with E-state index < -0.39 is 11.0 Å². The molecule has 1 aromatic carbocycles. The van der Waals surface area contributed by atoms with E-state index in [1.807, 2.05) is 6.07 Å². The second-order valence-electron chi connectivity index (χ2n) is 4.33. The fourth-order valence-corrected chi connectivity index (χ4v) is 2.14. The first-order chi connectivity index (χ1) is 10.1. The summed E-state index contributed by atoms with van der Waals surface area (Å²) in [4.78, 5) is 14.2. The number of aromatic nitrogens is 3. The number of hydrogen-bond acceptors (Lipinski definition) is 7. The Morgan fingerprint density at radius 2 is 2.14 bits per heavy atom. The fourth-order valence-electron chi connectivity index (χ4n) is 2.14. The van der Waals surface area contributed by atoms with Crippen LogP contribution in [0, 0.1) is 21.4 Å². The maximum Gasteiger partial charge on any atom is 0.269 e. The standard InChI is InChI=1S/C12H9N7O2/c13-5-9-10(7-1-3-8(4-2-7)19(20)21)17-12-15-6-16-18(12)11(9)14/h1-4,6,10H,14H2,(H,15,16,17)/t10-/m0/s1. The first kappa shape index (κ1) is 12.6. The highest BCUT2D eigenvalue weighted by Gasteiger charge is 2.28. The van der Waals surface area contributed by atoms with E-state index >= 15 is 0 Å². The maximum absolute atomic E-state index is 10.7. The van der Waals surface area contributed by atoms with Gasteiger partial charge in [0.25, 0.3) is 5.69 Å². The summed E-state index contributed by atoms with van der Waals surface area (Å²) in [5.41, 5.74) is 6.86. The normalized spacial score (nSPS) is 16.8. The van der Waals surface area contributed by atoms with Gasteiger partial charge in [-0.3, -0.25) is 10.1 Å². The lowest BCUT2D eigenvalue weighted by atomic mass is 9.98. The lowest BCUT2D eigenvalue weighted by Gasteiger charge is -2.25. The van der Waals surface area contributed by atoms with Crippen LogP contribution < -0.4 is 11.1 Å². The zero-order valence-corrected chi connectivity index (χ0v) is 10.6. The van der Waals surface area contributed by atoms with E-state index in [1.54, 1.807) is 12.1 Å². The van der Waals surface area contributed by atoms with Crippen molar-refractivity contribution in [3.05, 3.63) is 51.8 Å². The van der Waals surface area contributed by atoms with Crippen molar-refractivity contribution >= 4 is 17.5 Å². The number of rotatable bonds is 2. The molecule has 1 atom stereocenters. The number of anilines is 1. The van der Waals surface area contributed by atoms with E-state index in [9.17, 15) is 15.4 Å². The van der Waals surface area contributed by atoms with Crippen LogP contribution in [0.25, 0.3) is 5.82 Å². The van der Waals surface area contributed by atoms with Crippen LogP contribution >= 0.6 is 0 Å². The third-order valence-electron chi connectivity index (χ3n) is 3.17. The Balaban J connectivity index is 2.05. The van der Waals surface area contributed by atoms with Gasteiger partial charge in [0, 0.05) is 12.1 Å². The van der Waals surface area contributed by atoms with Gasteiger partial charge in [-0.15, -0.1) is 0 Å². The van der Waals surface area contributed by atoms with E-state index in [2.05, 4.69) is 15.4 Å². The molecule has 21 heavy (non-hydrogen) atoms. The molecular weight excluding hydrogens is 274 g/mol. The van der Waals surface area contributed by atoms with Gasteiger partial charge < -0.3 is 11.1 Å². The number of nitrogens with two attached hydrogens (primary N) is 1. The summed E-state index contributed by atoms with van der Waals surface area (Å²) >= 11 is 0. The molecule has 0 spiro atoms. The molecule has 0 amide bonds. The maximum atomic E-state index is 10.7. The highest BCUT2D eigenvalue weighted by Crippen LogP contribution is 2.32. The van der Waals surface area contributed by atoms with E-state index in [1.165, 1.54) is 23.1 Å². The Labute approximate surface area is 118 Å². The van der Waals surface area contributed by atoms with Crippen LogP contribution in [-0.2, 0) is 0 Å². The molecule has 2 heterocycles. The molecule has 104 valence electrons. The number of non-ortho nitro benzene ring substituents is 1. The molecule has 0 saturated heterocycles. The lowest BCUT2D eigenvalue weighted by molar-refractivity contribution is -0.384. The second kappa shape index (κ2) is 4.61. The van der Waals surface area contributed by atoms with Gasteiger partial charge in [-0.2, -0.15) is 20.0 Å². The van der Waals surface area contributed by atoms with Crippen molar-refractivity contribution in [1.82, 2.24) is 14.8 Å². The molecule has 1 aromatic heterocycles. The fraction of sp³-hybridized carbons (Fsp3) is 0.0833. The van der Waals surface area contributed by atoms with E-state index in [0.29, 0.717) is 11.5 Å². The van der Waals surface area contributed by atoms with Crippen molar-refractivity contribution in [1.29, 1.82) is 5.26 Å². The highest BCUT2D eigenvalue weighted by atomic mass is 16.6. The summed E-state index contributed by atoms with van der Waals surface area (Å²) in [6, 6.07) is 7.42. The summed E-state index contributed by atoms with van der Waals surface area (Å²) in [5, 5.41) is 26.9. The first-order valence-corrected chi connectivity index (χ1v) is 5.93. The largest absolute Gasteiger partial charge is 0.383 e. The van der Waals surface area contributed by atoms with Crippen LogP contribution in [-0.4, -0.2) is 19.7 Å². The molecule has 3 rings (SSSR count). The number of nitro groups is 1. The van der Waals surface area contributed by atoms with Gasteiger partial charge in [0.1, 0.15) is 18.2 Å². The predicted molar refractivity (Wildman–Crippen MR) is 72.5 cm³/mol. The number of benzene rings is 1.